The molecule has 2 saturated heterocycles. The minimum atomic E-state index is -4.08. The average molecular weight is 587 g/mol. The van der Waals surface area contributed by atoms with Crippen LogP contribution in [-0.4, -0.2) is 69.2 Å². The molecule has 0 bridgehead atoms. The number of halogens is 1. The number of carbonyl (C=O) groups excluding carboxylic acids is 1. The number of nitrogens with zero attached hydrogens (tertiary/aromatic N) is 2. The van der Waals surface area contributed by atoms with Gasteiger partial charge in [-0.1, -0.05) is 12.1 Å². The van der Waals surface area contributed by atoms with Gasteiger partial charge in [0.2, 0.25) is 0 Å². The number of ether oxygens (including phenoxy) is 2. The third kappa shape index (κ3) is 6.19. The van der Waals surface area contributed by atoms with Crippen LogP contribution in [0.1, 0.15) is 75.3 Å². The Labute approximate surface area is 241 Å². The third-order valence-electron chi connectivity index (χ3n) is 9.45. The number of benzene rings is 2. The molecule has 222 valence electrons. The van der Waals surface area contributed by atoms with Gasteiger partial charge in [0, 0.05) is 44.1 Å². The number of likely N-dealkylation sites (tertiary alicyclic amines) is 1. The van der Waals surface area contributed by atoms with E-state index in [4.69, 9.17) is 9.47 Å². The predicted molar refractivity (Wildman–Crippen MR) is 153 cm³/mol. The first-order chi connectivity index (χ1) is 19.6. The molecule has 0 aromatic heterocycles. The molecule has 2 aliphatic carbocycles. The van der Waals surface area contributed by atoms with Gasteiger partial charge in [0.15, 0.2) is 0 Å². The van der Waals surface area contributed by atoms with Crippen LogP contribution >= 0.6 is 7.60 Å². The van der Waals surface area contributed by atoms with Crippen molar-refractivity contribution in [3.05, 3.63) is 53.3 Å². The van der Waals surface area contributed by atoms with E-state index >= 15 is 0 Å². The lowest BCUT2D eigenvalue weighted by Gasteiger charge is -2.38. The van der Waals surface area contributed by atoms with Gasteiger partial charge >= 0.3 is 13.7 Å². The van der Waals surface area contributed by atoms with Crippen LogP contribution in [0.25, 0.3) is 11.1 Å². The molecular weight excluding hydrogens is 546 g/mol. The Morgan fingerprint density at radius 1 is 1.05 bits per heavy atom. The lowest BCUT2D eigenvalue weighted by molar-refractivity contribution is -0.00151. The fourth-order valence-electron chi connectivity index (χ4n) is 6.92. The third-order valence-corrected chi connectivity index (χ3v) is 10.9. The minimum absolute atomic E-state index is 0.0167. The van der Waals surface area contributed by atoms with Crippen LogP contribution < -0.4 is 4.74 Å². The van der Waals surface area contributed by atoms with E-state index in [0.717, 1.165) is 67.8 Å². The van der Waals surface area contributed by atoms with Crippen LogP contribution in [0.2, 0.25) is 0 Å². The molecule has 41 heavy (non-hydrogen) atoms. The SMILES string of the molecule is CCOc1cc(-c2ccc(F)cc2)c(C2CC2)cc1CN1CCC2(CC1)CN([C@H]1CC[C@@H](P(=O)(O)O)CC1)C(=O)O2. The van der Waals surface area contributed by atoms with Crippen LogP contribution in [0.4, 0.5) is 9.18 Å². The Morgan fingerprint density at radius 3 is 2.34 bits per heavy atom. The lowest BCUT2D eigenvalue weighted by Crippen LogP contribution is -2.48. The van der Waals surface area contributed by atoms with Gasteiger partial charge in [-0.05, 0) is 92.3 Å². The van der Waals surface area contributed by atoms with Gasteiger partial charge in [-0.2, -0.15) is 0 Å². The standard InChI is InChI=1S/C31H40FN2O6P/c1-2-39-29-18-28(22-5-7-24(32)8-6-22)27(21-3-4-21)17-23(29)19-33-15-13-31(14-16-33)20-34(30(35)40-31)25-9-11-26(12-10-25)41(36,37)38/h5-8,17-18,21,25-26H,2-4,9-16,19-20H2,1H3,(H2,36,37,38)/t25-,26+. The molecule has 1 spiro atoms. The molecule has 0 radical (unpaired) electrons. The van der Waals surface area contributed by atoms with Crippen LogP contribution in [0, 0.1) is 5.82 Å². The zero-order valence-electron chi connectivity index (χ0n) is 23.6. The summed E-state index contributed by atoms with van der Waals surface area (Å²) in [5.74, 6) is 1.14. The Bertz CT molecular complexity index is 1310. The Balaban J connectivity index is 1.12. The number of carbonyl (C=O) groups is 1. The van der Waals surface area contributed by atoms with Gasteiger partial charge in [-0.25, -0.2) is 9.18 Å². The van der Waals surface area contributed by atoms with E-state index in [-0.39, 0.29) is 18.0 Å². The molecule has 4 fully saturated rings. The van der Waals surface area contributed by atoms with Crippen LogP contribution in [0.3, 0.4) is 0 Å². The molecule has 2 aliphatic heterocycles. The molecule has 8 nitrogen and oxygen atoms in total. The maximum absolute atomic E-state index is 13.6. The molecule has 0 atom stereocenters. The highest BCUT2D eigenvalue weighted by Crippen LogP contribution is 2.50. The summed E-state index contributed by atoms with van der Waals surface area (Å²) in [4.78, 5) is 36.2. The number of hydrogen-bond donors (Lipinski definition) is 2. The van der Waals surface area contributed by atoms with Crippen molar-refractivity contribution < 1.29 is 33.0 Å². The molecule has 0 unspecified atom stereocenters. The first-order valence-corrected chi connectivity index (χ1v) is 16.6. The lowest BCUT2D eigenvalue weighted by atomic mass is 9.88. The number of rotatable bonds is 8. The first-order valence-electron chi connectivity index (χ1n) is 15.0. The monoisotopic (exact) mass is 586 g/mol. The van der Waals surface area contributed by atoms with E-state index in [1.165, 1.54) is 17.7 Å². The normalized spacial score (nSPS) is 25.0. The summed E-state index contributed by atoms with van der Waals surface area (Å²) in [6.07, 6.45) is 5.61. The van der Waals surface area contributed by atoms with Gasteiger partial charge in [0.05, 0.1) is 18.8 Å². The fourth-order valence-corrected chi connectivity index (χ4v) is 7.89. The van der Waals surface area contributed by atoms with E-state index in [1.54, 1.807) is 0 Å². The van der Waals surface area contributed by atoms with Crippen molar-refractivity contribution >= 4 is 13.7 Å². The molecule has 10 heteroatoms. The zero-order chi connectivity index (χ0) is 28.8. The quantitative estimate of drug-likeness (QED) is 0.364. The van der Waals surface area contributed by atoms with E-state index in [0.29, 0.717) is 44.8 Å². The molecule has 2 aromatic rings. The zero-order valence-corrected chi connectivity index (χ0v) is 24.5. The Morgan fingerprint density at radius 2 is 1.73 bits per heavy atom. The molecule has 2 saturated carbocycles. The maximum Gasteiger partial charge on any atom is 0.410 e. The summed E-state index contributed by atoms with van der Waals surface area (Å²) in [6.45, 7) is 5.45. The highest BCUT2D eigenvalue weighted by Gasteiger charge is 2.49. The van der Waals surface area contributed by atoms with Crippen molar-refractivity contribution in [1.29, 1.82) is 0 Å². The molecule has 6 rings (SSSR count). The summed E-state index contributed by atoms with van der Waals surface area (Å²) < 4.78 is 37.4. The summed E-state index contributed by atoms with van der Waals surface area (Å²) in [7, 11) is -4.08. The molecule has 2 aromatic carbocycles. The van der Waals surface area contributed by atoms with Crippen molar-refractivity contribution in [2.45, 2.75) is 88.1 Å². The molecule has 4 aliphatic rings. The molecule has 2 heterocycles. The van der Waals surface area contributed by atoms with Crippen LogP contribution in [-0.2, 0) is 15.8 Å². The van der Waals surface area contributed by atoms with Gasteiger partial charge in [-0.3, -0.25) is 9.46 Å². The van der Waals surface area contributed by atoms with Crippen molar-refractivity contribution in [3.63, 3.8) is 0 Å². The van der Waals surface area contributed by atoms with Crippen molar-refractivity contribution in [2.24, 2.45) is 0 Å². The summed E-state index contributed by atoms with van der Waals surface area (Å²) >= 11 is 0. The number of hydrogen-bond acceptors (Lipinski definition) is 5. The van der Waals surface area contributed by atoms with Crippen molar-refractivity contribution in [1.82, 2.24) is 9.80 Å². The Kier molecular flexibility index (Phi) is 7.92. The second kappa shape index (κ2) is 11.3. The van der Waals surface area contributed by atoms with Crippen molar-refractivity contribution in [3.8, 4) is 16.9 Å². The van der Waals surface area contributed by atoms with E-state index in [1.807, 2.05) is 24.0 Å². The summed E-state index contributed by atoms with van der Waals surface area (Å²) in [6, 6.07) is 11.1. The Hall–Kier alpha value is -2.45. The highest BCUT2D eigenvalue weighted by molar-refractivity contribution is 7.52. The highest BCUT2D eigenvalue weighted by atomic mass is 31.2. The van der Waals surface area contributed by atoms with Crippen LogP contribution in [0.15, 0.2) is 36.4 Å². The van der Waals surface area contributed by atoms with Gasteiger partial charge < -0.3 is 24.2 Å². The maximum atomic E-state index is 13.6. The van der Waals surface area contributed by atoms with E-state index in [2.05, 4.69) is 17.0 Å². The number of piperidine rings is 1. The van der Waals surface area contributed by atoms with E-state index < -0.39 is 18.9 Å². The largest absolute Gasteiger partial charge is 0.494 e. The number of amides is 1. The topological polar surface area (TPSA) is 99.5 Å². The molecule has 2 N–H and O–H groups in total. The average Bonchev–Trinajstić information content (AvgIpc) is 3.74. The van der Waals surface area contributed by atoms with Gasteiger partial charge in [-0.15, -0.1) is 0 Å². The van der Waals surface area contributed by atoms with Crippen LogP contribution in [0.5, 0.6) is 5.75 Å². The molecular formula is C31H40FN2O6P. The summed E-state index contributed by atoms with van der Waals surface area (Å²) in [5.41, 5.74) is 3.48. The van der Waals surface area contributed by atoms with Gasteiger partial charge in [0.1, 0.15) is 17.2 Å². The second-order valence-electron chi connectivity index (χ2n) is 12.3. The van der Waals surface area contributed by atoms with E-state index in [9.17, 15) is 23.5 Å². The molecule has 1 amide bonds. The summed E-state index contributed by atoms with van der Waals surface area (Å²) in [5, 5.41) is 0. The minimum Gasteiger partial charge on any atom is -0.494 e. The first kappa shape index (κ1) is 28.7. The van der Waals surface area contributed by atoms with Crippen molar-refractivity contribution in [2.75, 3.05) is 26.2 Å². The second-order valence-corrected chi connectivity index (χ2v) is 14.2. The predicted octanol–water partition coefficient (Wildman–Crippen LogP) is 6.04. The smallest absolute Gasteiger partial charge is 0.410 e. The fraction of sp³-hybridized carbons (Fsp3) is 0.581. The van der Waals surface area contributed by atoms with Gasteiger partial charge in [0.25, 0.3) is 0 Å².